The summed E-state index contributed by atoms with van der Waals surface area (Å²) in [5.41, 5.74) is 1.34. The lowest BCUT2D eigenvalue weighted by Gasteiger charge is -2.21. The van der Waals surface area contributed by atoms with Gasteiger partial charge in [0.2, 0.25) is 5.91 Å². The van der Waals surface area contributed by atoms with E-state index < -0.39 is 6.04 Å². The summed E-state index contributed by atoms with van der Waals surface area (Å²) in [6.45, 7) is 4.04. The van der Waals surface area contributed by atoms with Gasteiger partial charge in [-0.1, -0.05) is 32.0 Å². The van der Waals surface area contributed by atoms with Gasteiger partial charge in [-0.15, -0.1) is 11.3 Å². The molecule has 2 rings (SSSR count). The minimum absolute atomic E-state index is 0.0592. The molecule has 3 amide bonds. The van der Waals surface area contributed by atoms with Crippen molar-refractivity contribution in [1.29, 1.82) is 0 Å². The fourth-order valence-corrected chi connectivity index (χ4v) is 3.05. The molecule has 0 aliphatic carbocycles. The van der Waals surface area contributed by atoms with Crippen molar-refractivity contribution in [2.24, 2.45) is 5.92 Å². The first kappa shape index (κ1) is 19.7. The molecule has 0 saturated heterocycles. The number of carbonyl (C=O) groups is 3. The highest BCUT2D eigenvalue weighted by molar-refractivity contribution is 7.12. The Labute approximate surface area is 157 Å². The van der Waals surface area contributed by atoms with E-state index in [-0.39, 0.29) is 30.2 Å². The lowest BCUT2D eigenvalue weighted by molar-refractivity contribution is -0.124. The highest BCUT2D eigenvalue weighted by Gasteiger charge is 2.24. The van der Waals surface area contributed by atoms with Crippen LogP contribution in [-0.4, -0.2) is 30.8 Å². The van der Waals surface area contributed by atoms with Crippen molar-refractivity contribution in [3.05, 3.63) is 57.8 Å². The molecule has 1 heterocycles. The molecule has 0 aliphatic rings. The topological polar surface area (TPSA) is 87.3 Å². The van der Waals surface area contributed by atoms with Crippen molar-refractivity contribution in [1.82, 2.24) is 16.0 Å². The summed E-state index contributed by atoms with van der Waals surface area (Å²) in [5.74, 6) is -0.747. The zero-order chi connectivity index (χ0) is 19.1. The number of carbonyl (C=O) groups excluding carboxylic acids is 3. The van der Waals surface area contributed by atoms with E-state index in [2.05, 4.69) is 16.0 Å². The number of rotatable bonds is 7. The number of hydrogen-bond acceptors (Lipinski definition) is 4. The largest absolute Gasteiger partial charge is 0.355 e. The van der Waals surface area contributed by atoms with Gasteiger partial charge in [0.15, 0.2) is 0 Å². The van der Waals surface area contributed by atoms with Gasteiger partial charge in [0.05, 0.1) is 4.88 Å². The standard InChI is InChI=1S/C19H23N3O3S/c1-12(2)16(22-18(24)15-8-5-9-26-15)19(25)21-11-13-6-4-7-14(10-13)17(23)20-3/h4-10,12,16H,11H2,1-3H3,(H,20,23)(H,21,25)(H,22,24). The Hall–Kier alpha value is -2.67. The van der Waals surface area contributed by atoms with Crippen molar-refractivity contribution in [3.8, 4) is 0 Å². The van der Waals surface area contributed by atoms with E-state index in [1.54, 1.807) is 37.4 Å². The van der Waals surface area contributed by atoms with Crippen LogP contribution in [0.5, 0.6) is 0 Å². The minimum atomic E-state index is -0.633. The second-order valence-electron chi connectivity index (χ2n) is 6.17. The van der Waals surface area contributed by atoms with E-state index in [0.29, 0.717) is 10.4 Å². The zero-order valence-corrected chi connectivity index (χ0v) is 15.9. The minimum Gasteiger partial charge on any atom is -0.355 e. The molecule has 3 N–H and O–H groups in total. The average Bonchev–Trinajstić information content (AvgIpc) is 3.18. The molecule has 7 heteroatoms. The molecule has 1 unspecified atom stereocenters. The van der Waals surface area contributed by atoms with Gasteiger partial charge >= 0.3 is 0 Å². The molecule has 0 bridgehead atoms. The van der Waals surface area contributed by atoms with Gasteiger partial charge in [0.25, 0.3) is 11.8 Å². The lowest BCUT2D eigenvalue weighted by Crippen LogP contribution is -2.49. The Morgan fingerprint density at radius 2 is 1.85 bits per heavy atom. The molecule has 1 aromatic carbocycles. The molecule has 0 fully saturated rings. The maximum atomic E-state index is 12.5. The van der Waals surface area contributed by atoms with Gasteiger partial charge in [-0.25, -0.2) is 0 Å². The van der Waals surface area contributed by atoms with Crippen molar-refractivity contribution < 1.29 is 14.4 Å². The summed E-state index contributed by atoms with van der Waals surface area (Å²) in [7, 11) is 1.57. The van der Waals surface area contributed by atoms with Crippen LogP contribution in [0.2, 0.25) is 0 Å². The molecule has 1 atom stereocenters. The van der Waals surface area contributed by atoms with Crippen molar-refractivity contribution in [2.45, 2.75) is 26.4 Å². The molecular weight excluding hydrogens is 350 g/mol. The summed E-state index contributed by atoms with van der Waals surface area (Å²) in [4.78, 5) is 37.0. The Bertz CT molecular complexity index is 772. The smallest absolute Gasteiger partial charge is 0.262 e. The van der Waals surface area contributed by atoms with Gasteiger partial charge < -0.3 is 16.0 Å². The third kappa shape index (κ3) is 5.16. The van der Waals surface area contributed by atoms with Crippen molar-refractivity contribution in [2.75, 3.05) is 7.05 Å². The van der Waals surface area contributed by atoms with Gasteiger partial charge in [-0.05, 0) is 35.1 Å². The molecule has 138 valence electrons. The van der Waals surface area contributed by atoms with Crippen LogP contribution in [0.1, 0.15) is 39.4 Å². The maximum absolute atomic E-state index is 12.5. The lowest BCUT2D eigenvalue weighted by atomic mass is 10.0. The molecule has 0 aliphatic heterocycles. The second-order valence-corrected chi connectivity index (χ2v) is 7.12. The maximum Gasteiger partial charge on any atom is 0.262 e. The highest BCUT2D eigenvalue weighted by atomic mass is 32.1. The third-order valence-corrected chi connectivity index (χ3v) is 4.73. The zero-order valence-electron chi connectivity index (χ0n) is 15.0. The van der Waals surface area contributed by atoms with E-state index in [0.717, 1.165) is 5.56 Å². The number of thiophene rings is 1. The summed E-state index contributed by atoms with van der Waals surface area (Å²) >= 11 is 1.33. The van der Waals surface area contributed by atoms with Gasteiger partial charge in [0, 0.05) is 19.2 Å². The summed E-state index contributed by atoms with van der Waals surface area (Å²) in [6, 6.07) is 9.93. The van der Waals surface area contributed by atoms with E-state index in [4.69, 9.17) is 0 Å². The van der Waals surface area contributed by atoms with Crippen molar-refractivity contribution >= 4 is 29.1 Å². The first-order chi connectivity index (χ1) is 12.4. The van der Waals surface area contributed by atoms with Crippen LogP contribution in [0.3, 0.4) is 0 Å². The predicted octanol–water partition coefficient (Wildman–Crippen LogP) is 2.18. The fourth-order valence-electron chi connectivity index (χ4n) is 2.42. The Morgan fingerprint density at radius 1 is 1.08 bits per heavy atom. The first-order valence-electron chi connectivity index (χ1n) is 8.35. The first-order valence-corrected chi connectivity index (χ1v) is 9.23. The SMILES string of the molecule is CNC(=O)c1cccc(CNC(=O)C(NC(=O)c2cccs2)C(C)C)c1. The van der Waals surface area contributed by atoms with E-state index >= 15 is 0 Å². The molecule has 0 spiro atoms. The molecule has 0 saturated carbocycles. The molecule has 6 nitrogen and oxygen atoms in total. The molecule has 1 aromatic heterocycles. The molecule has 2 aromatic rings. The van der Waals surface area contributed by atoms with Gasteiger partial charge in [-0.2, -0.15) is 0 Å². The van der Waals surface area contributed by atoms with E-state index in [9.17, 15) is 14.4 Å². The predicted molar refractivity (Wildman–Crippen MR) is 102 cm³/mol. The molecular formula is C19H23N3O3S. The summed E-state index contributed by atoms with van der Waals surface area (Å²) in [5, 5.41) is 10.0. The number of amides is 3. The van der Waals surface area contributed by atoms with Crippen LogP contribution in [0.4, 0.5) is 0 Å². The van der Waals surface area contributed by atoms with Crippen molar-refractivity contribution in [3.63, 3.8) is 0 Å². The fraction of sp³-hybridized carbons (Fsp3) is 0.316. The van der Waals surface area contributed by atoms with Gasteiger partial charge in [0.1, 0.15) is 6.04 Å². The normalized spacial score (nSPS) is 11.7. The third-order valence-electron chi connectivity index (χ3n) is 3.86. The Morgan fingerprint density at radius 3 is 2.46 bits per heavy atom. The van der Waals surface area contributed by atoms with Crippen LogP contribution in [0.25, 0.3) is 0 Å². The summed E-state index contributed by atoms with van der Waals surface area (Å²) in [6.07, 6.45) is 0. The average molecular weight is 373 g/mol. The second kappa shape index (κ2) is 9.15. The Balaban J connectivity index is 1.99. The number of nitrogens with one attached hydrogen (secondary N) is 3. The number of benzene rings is 1. The number of hydrogen-bond donors (Lipinski definition) is 3. The van der Waals surface area contributed by atoms with Gasteiger partial charge in [-0.3, -0.25) is 14.4 Å². The van der Waals surface area contributed by atoms with E-state index in [1.807, 2.05) is 25.3 Å². The van der Waals surface area contributed by atoms with Crippen LogP contribution in [-0.2, 0) is 11.3 Å². The molecule has 26 heavy (non-hydrogen) atoms. The quantitative estimate of drug-likeness (QED) is 0.695. The van der Waals surface area contributed by atoms with Crippen LogP contribution >= 0.6 is 11.3 Å². The van der Waals surface area contributed by atoms with E-state index in [1.165, 1.54) is 11.3 Å². The molecule has 0 radical (unpaired) electrons. The van der Waals surface area contributed by atoms with Crippen LogP contribution in [0, 0.1) is 5.92 Å². The van der Waals surface area contributed by atoms with Crippen LogP contribution < -0.4 is 16.0 Å². The monoisotopic (exact) mass is 373 g/mol. The van der Waals surface area contributed by atoms with Crippen LogP contribution in [0.15, 0.2) is 41.8 Å². The Kier molecular flexibility index (Phi) is 6.91. The highest BCUT2D eigenvalue weighted by Crippen LogP contribution is 2.11. The summed E-state index contributed by atoms with van der Waals surface area (Å²) < 4.78 is 0.